The maximum absolute atomic E-state index is 11.7. The van der Waals surface area contributed by atoms with Crippen LogP contribution in [0.5, 0.6) is 5.75 Å². The van der Waals surface area contributed by atoms with Gasteiger partial charge in [-0.1, -0.05) is 0 Å². The van der Waals surface area contributed by atoms with Gasteiger partial charge in [0.25, 0.3) is 10.9 Å². The monoisotopic (exact) mass is 337 g/mol. The molecule has 0 atom stereocenters. The molecular formula is C16H23N3O5. The first-order valence-corrected chi connectivity index (χ1v) is 7.76. The molecule has 132 valence electrons. The van der Waals surface area contributed by atoms with Crippen LogP contribution >= 0.6 is 0 Å². The molecule has 0 aliphatic heterocycles. The zero-order chi connectivity index (χ0) is 18.3. The molecule has 0 saturated heterocycles. The maximum atomic E-state index is 11.7. The van der Waals surface area contributed by atoms with Gasteiger partial charge in [0.1, 0.15) is 17.8 Å². The van der Waals surface area contributed by atoms with E-state index in [1.165, 1.54) is 4.90 Å². The number of anilines is 1. The van der Waals surface area contributed by atoms with Crippen molar-refractivity contribution in [1.29, 1.82) is 5.26 Å². The van der Waals surface area contributed by atoms with Crippen molar-refractivity contribution in [1.82, 2.24) is 5.32 Å². The minimum absolute atomic E-state index is 0.0119. The fourth-order valence-electron chi connectivity index (χ4n) is 2.05. The molecule has 8 heteroatoms. The topological polar surface area (TPSA) is 109 Å². The molecule has 0 radical (unpaired) electrons. The minimum atomic E-state index is -0.665. The van der Waals surface area contributed by atoms with Gasteiger partial charge >= 0.3 is 6.09 Å². The van der Waals surface area contributed by atoms with Gasteiger partial charge in [0.15, 0.2) is 5.75 Å². The third-order valence-corrected chi connectivity index (χ3v) is 2.98. The molecular weight excluding hydrogens is 314 g/mol. The smallest absolute Gasteiger partial charge is 0.407 e. The molecule has 8 nitrogen and oxygen atoms in total. The van der Waals surface area contributed by atoms with Crippen molar-refractivity contribution < 1.29 is 14.3 Å². The van der Waals surface area contributed by atoms with Crippen LogP contribution in [-0.2, 0) is 4.74 Å². The molecule has 0 unspecified atom stereocenters. The molecule has 0 aliphatic carbocycles. The number of rotatable bonds is 8. The van der Waals surface area contributed by atoms with E-state index in [9.17, 15) is 14.4 Å². The Morgan fingerprint density at radius 3 is 2.50 bits per heavy atom. The highest BCUT2D eigenvalue weighted by Gasteiger charge is 2.27. The Bertz CT molecular complexity index is 677. The summed E-state index contributed by atoms with van der Waals surface area (Å²) >= 11 is 0. The van der Waals surface area contributed by atoms with E-state index in [0.29, 0.717) is 19.5 Å². The molecule has 24 heavy (non-hydrogen) atoms. The van der Waals surface area contributed by atoms with Gasteiger partial charge in [-0.05, 0) is 34.1 Å². The van der Waals surface area contributed by atoms with Crippen molar-refractivity contribution in [3.05, 3.63) is 20.4 Å². The molecule has 1 aromatic rings. The van der Waals surface area contributed by atoms with Gasteiger partial charge < -0.3 is 19.7 Å². The number of nitrogens with zero attached hydrogens (tertiary/aromatic N) is 2. The van der Waals surface area contributed by atoms with Gasteiger partial charge in [0, 0.05) is 13.1 Å². The second-order valence-corrected chi connectivity index (χ2v) is 6.13. The van der Waals surface area contributed by atoms with E-state index < -0.39 is 22.6 Å². The Morgan fingerprint density at radius 1 is 1.29 bits per heavy atom. The summed E-state index contributed by atoms with van der Waals surface area (Å²) in [7, 11) is 0. The Labute approximate surface area is 140 Å². The summed E-state index contributed by atoms with van der Waals surface area (Å²) in [6.07, 6.45) is -0.0517. The van der Waals surface area contributed by atoms with Crippen LogP contribution in [0.4, 0.5) is 10.5 Å². The highest BCUT2D eigenvalue weighted by Crippen LogP contribution is 2.22. The lowest BCUT2D eigenvalue weighted by Gasteiger charge is -2.24. The van der Waals surface area contributed by atoms with Crippen LogP contribution in [-0.4, -0.2) is 37.9 Å². The van der Waals surface area contributed by atoms with Crippen LogP contribution in [0.3, 0.4) is 0 Å². The number of alkyl carbamates (subject to hydrolysis) is 1. The normalized spacial score (nSPS) is 11.0. The Hall–Kier alpha value is -2.56. The number of hydrogen-bond acceptors (Lipinski definition) is 7. The SMILES string of the molecule is CCOc1c(N(CC#N)CCCNC(=O)OC(C)(C)C)c(=O)c1=O. The third-order valence-electron chi connectivity index (χ3n) is 2.98. The van der Waals surface area contributed by atoms with Crippen LogP contribution in [0.25, 0.3) is 0 Å². The number of carbonyl (C=O) groups is 1. The van der Waals surface area contributed by atoms with Crippen LogP contribution in [0.1, 0.15) is 34.1 Å². The van der Waals surface area contributed by atoms with Gasteiger partial charge in [0.2, 0.25) is 0 Å². The van der Waals surface area contributed by atoms with Crippen molar-refractivity contribution in [3.63, 3.8) is 0 Å². The molecule has 0 aliphatic rings. The van der Waals surface area contributed by atoms with Crippen molar-refractivity contribution in [3.8, 4) is 11.8 Å². The average molecular weight is 337 g/mol. The molecule has 0 aromatic heterocycles. The summed E-state index contributed by atoms with van der Waals surface area (Å²) < 4.78 is 10.3. The standard InChI is InChI=1S/C16H23N3O5/c1-5-23-14-11(12(20)13(14)21)19(10-7-17)9-6-8-18-15(22)24-16(2,3)4/h5-6,8-10H2,1-4H3,(H,18,22). The van der Waals surface area contributed by atoms with E-state index in [4.69, 9.17) is 14.7 Å². The molecule has 0 heterocycles. The Kier molecular flexibility index (Phi) is 6.77. The summed E-state index contributed by atoms with van der Waals surface area (Å²) in [5.74, 6) is 0.0119. The maximum Gasteiger partial charge on any atom is 0.407 e. The second-order valence-electron chi connectivity index (χ2n) is 6.13. The highest BCUT2D eigenvalue weighted by atomic mass is 16.6. The van der Waals surface area contributed by atoms with E-state index in [-0.39, 0.29) is 24.6 Å². The summed E-state index contributed by atoms with van der Waals surface area (Å²) in [6, 6.07) is 1.96. The van der Waals surface area contributed by atoms with Crippen LogP contribution < -0.4 is 25.8 Å². The Morgan fingerprint density at radius 2 is 1.96 bits per heavy atom. The molecule has 0 spiro atoms. The highest BCUT2D eigenvalue weighted by molar-refractivity contribution is 5.67. The molecule has 0 saturated carbocycles. The molecule has 1 N–H and O–H groups in total. The number of nitriles is 1. The quantitative estimate of drug-likeness (QED) is 0.427. The number of amides is 1. The summed E-state index contributed by atoms with van der Waals surface area (Å²) in [5.41, 5.74) is -1.75. The first-order valence-electron chi connectivity index (χ1n) is 7.76. The minimum Gasteiger partial charge on any atom is -0.488 e. The lowest BCUT2D eigenvalue weighted by molar-refractivity contribution is 0.0527. The third kappa shape index (κ3) is 5.26. The lowest BCUT2D eigenvalue weighted by atomic mass is 10.2. The molecule has 1 rings (SSSR count). The van der Waals surface area contributed by atoms with Gasteiger partial charge in [-0.15, -0.1) is 0 Å². The van der Waals surface area contributed by atoms with E-state index in [2.05, 4.69) is 5.32 Å². The van der Waals surface area contributed by atoms with Gasteiger partial charge in [-0.25, -0.2) is 4.79 Å². The molecule has 1 amide bonds. The fourth-order valence-corrected chi connectivity index (χ4v) is 2.05. The molecule has 1 aromatic carbocycles. The lowest BCUT2D eigenvalue weighted by Crippen LogP contribution is -2.43. The zero-order valence-electron chi connectivity index (χ0n) is 14.5. The Balaban J connectivity index is 2.59. The van der Waals surface area contributed by atoms with Gasteiger partial charge in [-0.2, -0.15) is 5.26 Å². The summed E-state index contributed by atoms with van der Waals surface area (Å²) in [4.78, 5) is 36.3. The largest absolute Gasteiger partial charge is 0.488 e. The molecule has 0 bridgehead atoms. The van der Waals surface area contributed by atoms with Crippen LogP contribution in [0, 0.1) is 11.3 Å². The van der Waals surface area contributed by atoms with Crippen molar-refractivity contribution >= 4 is 11.8 Å². The summed E-state index contributed by atoms with van der Waals surface area (Å²) in [5, 5.41) is 11.5. The van der Waals surface area contributed by atoms with Gasteiger partial charge in [-0.3, -0.25) is 9.59 Å². The van der Waals surface area contributed by atoms with E-state index in [1.807, 2.05) is 6.07 Å². The van der Waals surface area contributed by atoms with Crippen LogP contribution in [0.2, 0.25) is 0 Å². The number of carbonyl (C=O) groups excluding carboxylic acids is 1. The van der Waals surface area contributed by atoms with Crippen molar-refractivity contribution in [2.45, 2.75) is 39.7 Å². The van der Waals surface area contributed by atoms with E-state index >= 15 is 0 Å². The zero-order valence-corrected chi connectivity index (χ0v) is 14.5. The summed E-state index contributed by atoms with van der Waals surface area (Å²) in [6.45, 7) is 7.87. The van der Waals surface area contributed by atoms with Crippen molar-refractivity contribution in [2.24, 2.45) is 0 Å². The number of hydrogen-bond donors (Lipinski definition) is 1. The first-order chi connectivity index (χ1) is 11.2. The van der Waals surface area contributed by atoms with E-state index in [0.717, 1.165) is 0 Å². The second kappa shape index (κ2) is 8.34. The first kappa shape index (κ1) is 19.5. The number of nitrogens with one attached hydrogen (secondary N) is 1. The van der Waals surface area contributed by atoms with Gasteiger partial charge in [0.05, 0.1) is 12.7 Å². The average Bonchev–Trinajstić information content (AvgIpc) is 2.48. The van der Waals surface area contributed by atoms with Crippen molar-refractivity contribution in [2.75, 3.05) is 31.1 Å². The predicted molar refractivity (Wildman–Crippen MR) is 89.2 cm³/mol. The molecule has 0 fully saturated rings. The number of ether oxygens (including phenoxy) is 2. The fraction of sp³-hybridized carbons (Fsp3) is 0.625. The van der Waals surface area contributed by atoms with Crippen LogP contribution in [0.15, 0.2) is 9.59 Å². The predicted octanol–water partition coefficient (Wildman–Crippen LogP) is 0.926. The van der Waals surface area contributed by atoms with E-state index in [1.54, 1.807) is 27.7 Å².